The zero-order chi connectivity index (χ0) is 93.7. The molecule has 3 aromatic heterocycles. The van der Waals surface area contributed by atoms with Crippen molar-refractivity contribution in [2.24, 2.45) is 5.73 Å². The van der Waals surface area contributed by atoms with Crippen molar-refractivity contribution in [2.45, 2.75) is 483 Å². The Balaban J connectivity index is 1.56. The van der Waals surface area contributed by atoms with Crippen molar-refractivity contribution in [3.05, 3.63) is 5.82 Å². The third kappa shape index (κ3) is 24.4. The highest BCUT2D eigenvalue weighted by molar-refractivity contribution is 5.60. The van der Waals surface area contributed by atoms with Crippen LogP contribution < -0.4 is 50.7 Å². The molecule has 25 nitrogen and oxygen atoms in total. The number of nitrogens with zero attached hydrogens (tertiary/aromatic N) is 22. The standard InChI is InChI=1S/C101H193N25/c1-37-43-56-120(74-62-90(7,8)114(31)91(9,10)63-74)82-105-81(106-83(107-82)121(57-44-38-2)75-64-92(11,12)115(32)93(13,14)65-75)80(50-53-104-55-54-103-52-49-51-102)126(88-110-84(122(58-45-39-3)76-66-94(15,16)116(33)95(17,18)67-76)108-85(111-88)123(59-46-40-4)77-68-96(19,20)117(34)97(21,22)69-77)89-112-86(124(60-47-41-5)78-70-98(23,24)118(35)99(25,26)71-78)109-87(113-89)125(61-48-42-6)79-72-100(27,28)119(36)101(29,30)73-79/h74-80,103-104H,37-73,102H2,1-36H3. The van der Waals surface area contributed by atoms with Crippen molar-refractivity contribution in [1.82, 2.24) is 84.9 Å². The molecule has 1 unspecified atom stereocenters. The van der Waals surface area contributed by atoms with Gasteiger partial charge in [-0.05, 0) is 357 Å². The predicted molar refractivity (Wildman–Crippen MR) is 536 cm³/mol. The Hall–Kier alpha value is -4.73. The Bertz CT molecular complexity index is 3400. The molecule has 0 aliphatic carbocycles. The Morgan fingerprint density at radius 2 is 0.437 bits per heavy atom. The largest absolute Gasteiger partial charge is 0.338 e. The van der Waals surface area contributed by atoms with Crippen LogP contribution in [0.15, 0.2) is 0 Å². The number of anilines is 8. The van der Waals surface area contributed by atoms with E-state index in [2.05, 4.69) is 324 Å². The van der Waals surface area contributed by atoms with E-state index in [9.17, 15) is 0 Å². The van der Waals surface area contributed by atoms with Gasteiger partial charge in [-0.15, -0.1) is 0 Å². The molecule has 126 heavy (non-hydrogen) atoms. The van der Waals surface area contributed by atoms with Gasteiger partial charge in [0.15, 0.2) is 5.82 Å². The second kappa shape index (κ2) is 41.8. The van der Waals surface area contributed by atoms with Crippen molar-refractivity contribution >= 4 is 47.6 Å². The van der Waals surface area contributed by atoms with Gasteiger partial charge in [-0.25, -0.2) is 0 Å². The van der Waals surface area contributed by atoms with E-state index in [1.807, 2.05) is 0 Å². The molecule has 0 aromatic carbocycles. The lowest BCUT2D eigenvalue weighted by molar-refractivity contribution is -0.0136. The van der Waals surface area contributed by atoms with Crippen LogP contribution in [0.2, 0.25) is 0 Å². The zero-order valence-corrected chi connectivity index (χ0v) is 88.1. The van der Waals surface area contributed by atoms with E-state index in [0.29, 0.717) is 61.0 Å². The van der Waals surface area contributed by atoms with Crippen LogP contribution in [0.1, 0.15) is 387 Å². The van der Waals surface area contributed by atoms with Gasteiger partial charge >= 0.3 is 0 Å². The molecule has 6 saturated heterocycles. The minimum Gasteiger partial charge on any atom is -0.338 e. The summed E-state index contributed by atoms with van der Waals surface area (Å²) < 4.78 is 0. The first-order valence-electron chi connectivity index (χ1n) is 50.8. The lowest BCUT2D eigenvalue weighted by Gasteiger charge is -2.56. The van der Waals surface area contributed by atoms with Gasteiger partial charge in [-0.1, -0.05) is 80.1 Å². The summed E-state index contributed by atoms with van der Waals surface area (Å²) in [5.41, 5.74) is 4.41. The van der Waals surface area contributed by atoms with E-state index in [1.165, 1.54) is 0 Å². The molecule has 6 aliphatic heterocycles. The maximum absolute atomic E-state index is 6.41. The first-order chi connectivity index (χ1) is 58.6. The van der Waals surface area contributed by atoms with Gasteiger partial charge in [0.25, 0.3) is 0 Å². The molecular weight excluding hydrogens is 1560 g/mol. The van der Waals surface area contributed by atoms with Gasteiger partial charge in [0, 0.05) is 155 Å². The maximum Gasteiger partial charge on any atom is 0.239 e. The second-order valence-corrected chi connectivity index (χ2v) is 47.8. The van der Waals surface area contributed by atoms with Crippen molar-refractivity contribution in [3.8, 4) is 0 Å². The van der Waals surface area contributed by atoms with Crippen LogP contribution in [0.5, 0.6) is 0 Å². The van der Waals surface area contributed by atoms with Crippen LogP contribution in [0.25, 0.3) is 0 Å². The molecule has 25 heteroatoms. The van der Waals surface area contributed by atoms with Crippen LogP contribution >= 0.6 is 0 Å². The molecule has 6 fully saturated rings. The third-order valence-electron chi connectivity index (χ3n) is 32.9. The molecule has 0 amide bonds. The summed E-state index contributed by atoms with van der Waals surface area (Å²) in [6, 6.07) is -0.178. The van der Waals surface area contributed by atoms with Gasteiger partial charge in [-0.2, -0.15) is 44.9 Å². The molecule has 722 valence electrons. The molecule has 0 radical (unpaired) electrons. The summed E-state index contributed by atoms with van der Waals surface area (Å²) in [6.45, 7) is 81.2. The average Bonchev–Trinajstić information content (AvgIpc) is 0.742. The minimum absolute atomic E-state index is 0.0830. The molecule has 9 heterocycles. The summed E-state index contributed by atoms with van der Waals surface area (Å²) in [5.74, 6) is 5.95. The third-order valence-corrected chi connectivity index (χ3v) is 32.9. The normalized spacial score (nSPS) is 23.3. The van der Waals surface area contributed by atoms with E-state index in [0.717, 1.165) is 231 Å². The first-order valence-corrected chi connectivity index (χ1v) is 50.8. The molecule has 3 aromatic rings. The highest BCUT2D eigenvalue weighted by atomic mass is 15.5. The molecule has 0 bridgehead atoms. The molecule has 4 N–H and O–H groups in total. The fourth-order valence-electron chi connectivity index (χ4n) is 23.7. The highest BCUT2D eigenvalue weighted by Crippen LogP contribution is 2.50. The van der Waals surface area contributed by atoms with E-state index in [4.69, 9.17) is 50.6 Å². The van der Waals surface area contributed by atoms with Crippen molar-refractivity contribution in [1.29, 1.82) is 0 Å². The Morgan fingerprint density at radius 3 is 0.619 bits per heavy atom. The Kier molecular flexibility index (Phi) is 34.8. The number of hydrogen-bond donors (Lipinski definition) is 3. The Labute approximate surface area is 771 Å². The van der Waals surface area contributed by atoms with Gasteiger partial charge in [0.1, 0.15) is 6.04 Å². The number of likely N-dealkylation sites (tertiary alicyclic amines) is 6. The van der Waals surface area contributed by atoms with Crippen molar-refractivity contribution < 1.29 is 0 Å². The lowest BCUT2D eigenvalue weighted by Crippen LogP contribution is -2.63. The maximum atomic E-state index is 6.41. The van der Waals surface area contributed by atoms with Crippen LogP contribution in [-0.2, 0) is 0 Å². The van der Waals surface area contributed by atoms with Gasteiger partial charge in [-0.3, -0.25) is 34.3 Å². The summed E-state index contributed by atoms with van der Waals surface area (Å²) in [7, 11) is 14.1. The van der Waals surface area contributed by atoms with Gasteiger partial charge in [0.05, 0.1) is 0 Å². The smallest absolute Gasteiger partial charge is 0.239 e. The topological polar surface area (TPSA) is 208 Å². The minimum atomic E-state index is -0.725. The van der Waals surface area contributed by atoms with Gasteiger partial charge in [0.2, 0.25) is 47.6 Å². The molecule has 0 saturated carbocycles. The van der Waals surface area contributed by atoms with Crippen LogP contribution in [0.4, 0.5) is 47.6 Å². The number of piperidine rings is 6. The quantitative estimate of drug-likeness (QED) is 0.0450. The summed E-state index contributed by atoms with van der Waals surface area (Å²) >= 11 is 0. The number of rotatable bonds is 43. The second-order valence-electron chi connectivity index (χ2n) is 47.8. The highest BCUT2D eigenvalue weighted by Gasteiger charge is 2.54. The van der Waals surface area contributed by atoms with E-state index < -0.39 is 6.04 Å². The molecule has 9 rings (SSSR count). The van der Waals surface area contributed by atoms with E-state index >= 15 is 0 Å². The number of hydrogen-bond acceptors (Lipinski definition) is 25. The summed E-state index contributed by atoms with van der Waals surface area (Å²) in [5, 5.41) is 7.82. The number of nitrogens with one attached hydrogen (secondary N) is 2. The number of nitrogens with two attached hydrogens (primary N) is 1. The molecule has 6 aliphatic rings. The van der Waals surface area contributed by atoms with Crippen LogP contribution in [0, 0.1) is 0 Å². The molecule has 0 spiro atoms. The lowest BCUT2D eigenvalue weighted by atomic mass is 9.77. The number of unbranched alkanes of at least 4 members (excludes halogenated alkanes) is 6. The van der Waals surface area contributed by atoms with Crippen LogP contribution in [-0.4, -0.2) is 291 Å². The van der Waals surface area contributed by atoms with Crippen molar-refractivity contribution in [2.75, 3.05) is 149 Å². The van der Waals surface area contributed by atoms with Crippen LogP contribution in [0.3, 0.4) is 0 Å². The average molecular weight is 1760 g/mol. The summed E-state index contributed by atoms with van der Waals surface area (Å²) in [4.78, 5) is 91.1. The Morgan fingerprint density at radius 1 is 0.262 bits per heavy atom. The summed E-state index contributed by atoms with van der Waals surface area (Å²) in [6.07, 6.45) is 24.5. The SMILES string of the molecule is CCCCN(c1nc(C(CCNCCNCCCN)N(c2nc(N(CCCC)C3CC(C)(C)N(C)C(C)(C)C3)nc(N(CCCC)C3CC(C)(C)N(C)C(C)(C)C3)n2)c2nc(N(CCCC)C3CC(C)(C)N(C)C(C)(C)C3)nc(N(CCCC)C3CC(C)(C)N(C)C(C)(C)C3)n2)nc(N(CCCC)C2CC(C)(C)N(C)C(C)(C)C2)n1)C1CC(C)(C)N(C)C(C)(C)C1. The van der Waals surface area contributed by atoms with Crippen molar-refractivity contribution in [3.63, 3.8) is 0 Å². The first kappa shape index (κ1) is 105. The van der Waals surface area contributed by atoms with Gasteiger partial charge < -0.3 is 45.8 Å². The predicted octanol–water partition coefficient (Wildman–Crippen LogP) is 18.6. The monoisotopic (exact) mass is 1760 g/mol. The molecular formula is C101H193N25. The molecule has 1 atom stereocenters. The zero-order valence-electron chi connectivity index (χ0n) is 88.1. The van der Waals surface area contributed by atoms with E-state index in [-0.39, 0.29) is 103 Å². The fourth-order valence-corrected chi connectivity index (χ4v) is 23.7. The fraction of sp³-hybridized carbons (Fsp3) is 0.911. The number of aromatic nitrogens is 9. The van der Waals surface area contributed by atoms with E-state index in [1.54, 1.807) is 0 Å².